The predicted molar refractivity (Wildman–Crippen MR) is 95.0 cm³/mol. The maximum atomic E-state index is 5.86. The molecule has 0 fully saturated rings. The van der Waals surface area contributed by atoms with Crippen molar-refractivity contribution in [2.24, 2.45) is 11.8 Å². The van der Waals surface area contributed by atoms with E-state index in [0.717, 1.165) is 35.2 Å². The van der Waals surface area contributed by atoms with E-state index < -0.39 is 0 Å². The van der Waals surface area contributed by atoms with E-state index in [9.17, 15) is 0 Å². The zero-order chi connectivity index (χ0) is 15.7. The maximum Gasteiger partial charge on any atom is 0.120 e. The third kappa shape index (κ3) is 9.15. The Morgan fingerprint density at radius 2 is 1.62 bits per heavy atom. The Balaban J connectivity index is 2.36. The fraction of sp³-hybridized carbons (Fsp3) is 0.667. The third-order valence-electron chi connectivity index (χ3n) is 3.52. The number of rotatable bonds is 10. The molecule has 0 saturated carbocycles. The van der Waals surface area contributed by atoms with Crippen LogP contribution in [0.3, 0.4) is 0 Å². The summed E-state index contributed by atoms with van der Waals surface area (Å²) < 4.78 is 6.93. The van der Waals surface area contributed by atoms with Crippen molar-refractivity contribution in [3.05, 3.63) is 28.7 Å². The summed E-state index contributed by atoms with van der Waals surface area (Å²) in [5.41, 5.74) is 0. The number of hydrogen-bond acceptors (Lipinski definition) is 2. The summed E-state index contributed by atoms with van der Waals surface area (Å²) in [6, 6.07) is 8.06. The first-order valence-corrected chi connectivity index (χ1v) is 8.87. The Morgan fingerprint density at radius 1 is 1.00 bits per heavy atom. The van der Waals surface area contributed by atoms with Crippen LogP contribution >= 0.6 is 15.9 Å². The highest BCUT2D eigenvalue weighted by Crippen LogP contribution is 2.17. The molecule has 1 rings (SSSR count). The lowest BCUT2D eigenvalue weighted by Crippen LogP contribution is -2.31. The summed E-state index contributed by atoms with van der Waals surface area (Å²) in [7, 11) is 0. The van der Waals surface area contributed by atoms with E-state index >= 15 is 0 Å². The van der Waals surface area contributed by atoms with E-state index in [2.05, 4.69) is 48.5 Å². The summed E-state index contributed by atoms with van der Waals surface area (Å²) in [6.07, 6.45) is 2.52. The Labute approximate surface area is 139 Å². The average Bonchev–Trinajstić information content (AvgIpc) is 2.41. The Kier molecular flexibility index (Phi) is 9.02. The second-order valence-corrected chi connectivity index (χ2v) is 7.43. The lowest BCUT2D eigenvalue weighted by atomic mass is 10.1. The van der Waals surface area contributed by atoms with E-state index in [1.54, 1.807) is 0 Å². The Morgan fingerprint density at radius 3 is 2.14 bits per heavy atom. The van der Waals surface area contributed by atoms with Gasteiger partial charge in [0, 0.05) is 11.0 Å². The van der Waals surface area contributed by atoms with Gasteiger partial charge in [-0.1, -0.05) is 49.7 Å². The van der Waals surface area contributed by atoms with Crippen LogP contribution in [0.4, 0.5) is 0 Å². The summed E-state index contributed by atoms with van der Waals surface area (Å²) in [4.78, 5) is 2.54. The number of hydrogen-bond donors (Lipinski definition) is 0. The van der Waals surface area contributed by atoms with E-state index in [0.29, 0.717) is 0 Å². The minimum atomic E-state index is 0.757. The highest BCUT2D eigenvalue weighted by molar-refractivity contribution is 9.10. The van der Waals surface area contributed by atoms with Crippen molar-refractivity contribution in [3.63, 3.8) is 0 Å². The largest absolute Gasteiger partial charge is 0.492 e. The molecular formula is C18H30BrNO. The van der Waals surface area contributed by atoms with Gasteiger partial charge in [-0.3, -0.25) is 4.90 Å². The molecule has 1 aromatic rings. The van der Waals surface area contributed by atoms with E-state index in [1.165, 1.54) is 25.9 Å². The molecule has 2 nitrogen and oxygen atoms in total. The molecule has 21 heavy (non-hydrogen) atoms. The normalized spacial score (nSPS) is 11.6. The topological polar surface area (TPSA) is 12.5 Å². The van der Waals surface area contributed by atoms with Crippen LogP contribution in [0.5, 0.6) is 5.75 Å². The van der Waals surface area contributed by atoms with Gasteiger partial charge in [-0.05, 0) is 56.0 Å². The SMILES string of the molecule is CC(C)CCN(CCOc1cccc(Br)c1)CCC(C)C. The van der Waals surface area contributed by atoms with Crippen LogP contribution in [0.1, 0.15) is 40.5 Å². The van der Waals surface area contributed by atoms with Crippen molar-refractivity contribution >= 4 is 15.9 Å². The van der Waals surface area contributed by atoms with Gasteiger partial charge in [-0.2, -0.15) is 0 Å². The molecule has 0 aliphatic heterocycles. The fourth-order valence-electron chi connectivity index (χ4n) is 2.07. The minimum Gasteiger partial charge on any atom is -0.492 e. The lowest BCUT2D eigenvalue weighted by Gasteiger charge is -2.24. The minimum absolute atomic E-state index is 0.757. The molecule has 0 heterocycles. The molecule has 0 aliphatic rings. The molecular weight excluding hydrogens is 326 g/mol. The number of benzene rings is 1. The van der Waals surface area contributed by atoms with Crippen LogP contribution in [0.25, 0.3) is 0 Å². The zero-order valence-electron chi connectivity index (χ0n) is 13.9. The second-order valence-electron chi connectivity index (χ2n) is 6.51. The highest BCUT2D eigenvalue weighted by atomic mass is 79.9. The highest BCUT2D eigenvalue weighted by Gasteiger charge is 2.08. The van der Waals surface area contributed by atoms with Gasteiger partial charge in [0.1, 0.15) is 12.4 Å². The Hall–Kier alpha value is -0.540. The van der Waals surface area contributed by atoms with Gasteiger partial charge in [0.15, 0.2) is 0 Å². The van der Waals surface area contributed by atoms with Crippen LogP contribution in [0, 0.1) is 11.8 Å². The number of ether oxygens (including phenoxy) is 1. The molecule has 120 valence electrons. The van der Waals surface area contributed by atoms with Crippen LogP contribution in [-0.2, 0) is 0 Å². The van der Waals surface area contributed by atoms with Gasteiger partial charge in [0.2, 0.25) is 0 Å². The molecule has 0 radical (unpaired) electrons. The molecule has 0 aromatic heterocycles. The monoisotopic (exact) mass is 355 g/mol. The van der Waals surface area contributed by atoms with Crippen LogP contribution in [0.2, 0.25) is 0 Å². The zero-order valence-corrected chi connectivity index (χ0v) is 15.5. The van der Waals surface area contributed by atoms with Crippen molar-refractivity contribution < 1.29 is 4.74 Å². The van der Waals surface area contributed by atoms with Crippen molar-refractivity contribution in [2.45, 2.75) is 40.5 Å². The van der Waals surface area contributed by atoms with Crippen LogP contribution in [-0.4, -0.2) is 31.1 Å². The molecule has 0 spiro atoms. The van der Waals surface area contributed by atoms with Crippen molar-refractivity contribution in [3.8, 4) is 5.75 Å². The van der Waals surface area contributed by atoms with Crippen molar-refractivity contribution in [2.75, 3.05) is 26.2 Å². The van der Waals surface area contributed by atoms with E-state index in [1.807, 2.05) is 24.3 Å². The summed E-state index contributed by atoms with van der Waals surface area (Å²) in [5.74, 6) is 2.46. The molecule has 0 aliphatic carbocycles. The summed E-state index contributed by atoms with van der Waals surface area (Å²) in [5, 5.41) is 0. The third-order valence-corrected chi connectivity index (χ3v) is 4.01. The predicted octanol–water partition coefficient (Wildman–Crippen LogP) is 5.22. The number of nitrogens with zero attached hydrogens (tertiary/aromatic N) is 1. The molecule has 0 amide bonds. The van der Waals surface area contributed by atoms with E-state index in [-0.39, 0.29) is 0 Å². The van der Waals surface area contributed by atoms with Crippen LogP contribution in [0.15, 0.2) is 28.7 Å². The molecule has 1 aromatic carbocycles. The molecule has 3 heteroatoms. The van der Waals surface area contributed by atoms with Gasteiger partial charge >= 0.3 is 0 Å². The first kappa shape index (κ1) is 18.5. The van der Waals surface area contributed by atoms with E-state index in [4.69, 9.17) is 4.74 Å². The van der Waals surface area contributed by atoms with Crippen LogP contribution < -0.4 is 4.74 Å². The van der Waals surface area contributed by atoms with Gasteiger partial charge in [-0.25, -0.2) is 0 Å². The second kappa shape index (κ2) is 10.2. The first-order valence-electron chi connectivity index (χ1n) is 8.08. The van der Waals surface area contributed by atoms with Gasteiger partial charge in [0.25, 0.3) is 0 Å². The standard InChI is InChI=1S/C18H30BrNO/c1-15(2)8-10-20(11-9-16(3)4)12-13-21-18-7-5-6-17(19)14-18/h5-7,14-16H,8-13H2,1-4H3. The lowest BCUT2D eigenvalue weighted by molar-refractivity contribution is 0.193. The first-order chi connectivity index (χ1) is 9.97. The molecule has 0 atom stereocenters. The quantitative estimate of drug-likeness (QED) is 0.570. The van der Waals surface area contributed by atoms with Crippen molar-refractivity contribution in [1.29, 1.82) is 0 Å². The maximum absolute atomic E-state index is 5.86. The van der Waals surface area contributed by atoms with Gasteiger partial charge in [0.05, 0.1) is 0 Å². The molecule has 0 unspecified atom stereocenters. The van der Waals surface area contributed by atoms with Crippen molar-refractivity contribution in [1.82, 2.24) is 4.90 Å². The summed E-state index contributed by atoms with van der Waals surface area (Å²) in [6.45, 7) is 13.3. The fourth-order valence-corrected chi connectivity index (χ4v) is 2.44. The Bertz CT molecular complexity index is 381. The smallest absolute Gasteiger partial charge is 0.120 e. The number of halogens is 1. The van der Waals surface area contributed by atoms with Gasteiger partial charge in [-0.15, -0.1) is 0 Å². The van der Waals surface area contributed by atoms with Gasteiger partial charge < -0.3 is 4.74 Å². The average molecular weight is 356 g/mol. The molecule has 0 bridgehead atoms. The molecule has 0 N–H and O–H groups in total. The summed E-state index contributed by atoms with van der Waals surface area (Å²) >= 11 is 3.47. The molecule has 0 saturated heterocycles.